The third kappa shape index (κ3) is 8.31. The first-order valence-corrected chi connectivity index (χ1v) is 17.2. The van der Waals surface area contributed by atoms with Crippen LogP contribution >= 0.6 is 0 Å². The Labute approximate surface area is 291 Å². The molecule has 0 aromatic carbocycles. The molecule has 0 spiro atoms. The van der Waals surface area contributed by atoms with E-state index in [2.05, 4.69) is 0 Å². The maximum absolute atomic E-state index is 12.3. The Bertz CT molecular complexity index is 1100. The molecule has 19 nitrogen and oxygen atoms in total. The van der Waals surface area contributed by atoms with E-state index in [4.69, 9.17) is 57.1 Å². The maximum atomic E-state index is 12.3. The Balaban J connectivity index is 1.66. The average molecular weight is 728 g/mol. The van der Waals surface area contributed by atoms with E-state index in [0.29, 0.717) is 0 Å². The molecule has 3 heterocycles. The summed E-state index contributed by atoms with van der Waals surface area (Å²) in [6, 6.07) is -4.39. The summed E-state index contributed by atoms with van der Waals surface area (Å²) in [6.07, 6.45) is -16.6. The van der Waals surface area contributed by atoms with Gasteiger partial charge in [-0.1, -0.05) is 0 Å². The molecule has 0 amide bonds. The summed E-state index contributed by atoms with van der Waals surface area (Å²) in [5.74, 6) is -3.41. The van der Waals surface area contributed by atoms with Crippen LogP contribution in [0.2, 0.25) is 0 Å². The van der Waals surface area contributed by atoms with Crippen LogP contribution in [0.25, 0.3) is 0 Å². The minimum absolute atomic E-state index is 0.0194. The molecule has 18 N–H and O–H groups in total. The SMILES string of the molecule is CC(C)(C)O[C@@H]1C(O[C@@]2(O)C(O)[C@H](N)CC(N)[C@H]2OC(C)(C)[C@@H]2OC(CO)[C@@H](O)[C@H](O)C2N)O[C@H](CO)[C@@H]1C[C@H]1O[C@@H](CN)[C@@H](O)C(O)C1N. The number of rotatable bonds is 11. The van der Waals surface area contributed by atoms with Gasteiger partial charge >= 0.3 is 0 Å². The molecule has 4 fully saturated rings. The molecule has 294 valence electrons. The minimum Gasteiger partial charge on any atom is -0.394 e. The topological polar surface area (TPSA) is 347 Å². The highest BCUT2D eigenvalue weighted by Gasteiger charge is 2.62. The van der Waals surface area contributed by atoms with Crippen LogP contribution in [0.5, 0.6) is 0 Å². The van der Waals surface area contributed by atoms with Crippen LogP contribution in [0.15, 0.2) is 0 Å². The van der Waals surface area contributed by atoms with Crippen LogP contribution in [-0.2, 0) is 28.4 Å². The molecule has 3 saturated heterocycles. The molecule has 4 rings (SSSR count). The third-order valence-electron chi connectivity index (χ3n) is 10.4. The van der Waals surface area contributed by atoms with Crippen molar-refractivity contribution < 1.29 is 69.3 Å². The molecule has 1 saturated carbocycles. The molecule has 50 heavy (non-hydrogen) atoms. The lowest BCUT2D eigenvalue weighted by Crippen LogP contribution is -2.74. The number of aliphatic hydroxyl groups is 8. The minimum atomic E-state index is -2.68. The first kappa shape index (κ1) is 42.0. The van der Waals surface area contributed by atoms with Gasteiger partial charge in [0.15, 0.2) is 6.29 Å². The molecular formula is C31H61N5O14. The predicted octanol–water partition coefficient (Wildman–Crippen LogP) is -6.23. The summed E-state index contributed by atoms with van der Waals surface area (Å²) in [5.41, 5.74) is 28.7. The zero-order valence-corrected chi connectivity index (χ0v) is 29.3. The lowest BCUT2D eigenvalue weighted by Gasteiger charge is -2.53. The van der Waals surface area contributed by atoms with E-state index in [9.17, 15) is 40.9 Å². The third-order valence-corrected chi connectivity index (χ3v) is 10.4. The Hall–Kier alpha value is -0.760. The summed E-state index contributed by atoms with van der Waals surface area (Å²) in [4.78, 5) is 0. The van der Waals surface area contributed by atoms with E-state index >= 15 is 0 Å². The number of nitrogens with two attached hydrogens (primary N) is 5. The normalized spacial score (nSPS) is 49.3. The highest BCUT2D eigenvalue weighted by Crippen LogP contribution is 2.43. The van der Waals surface area contributed by atoms with Crippen molar-refractivity contribution in [2.24, 2.45) is 34.6 Å². The van der Waals surface area contributed by atoms with Crippen LogP contribution in [0.1, 0.15) is 47.5 Å². The van der Waals surface area contributed by atoms with Gasteiger partial charge in [0.25, 0.3) is 0 Å². The summed E-state index contributed by atoms with van der Waals surface area (Å²) in [5, 5.41) is 85.9. The van der Waals surface area contributed by atoms with Crippen molar-refractivity contribution in [3.05, 3.63) is 0 Å². The maximum Gasteiger partial charge on any atom is 0.224 e. The molecule has 3 aliphatic heterocycles. The van der Waals surface area contributed by atoms with Gasteiger partial charge in [0, 0.05) is 24.5 Å². The Morgan fingerprint density at radius 1 is 0.720 bits per heavy atom. The number of aliphatic hydroxyl groups excluding tert-OH is 7. The van der Waals surface area contributed by atoms with Crippen LogP contribution in [0.3, 0.4) is 0 Å². The molecule has 0 aromatic heterocycles. The second kappa shape index (κ2) is 15.9. The Kier molecular flexibility index (Phi) is 13.4. The lowest BCUT2D eigenvalue weighted by atomic mass is 9.80. The fourth-order valence-electron chi connectivity index (χ4n) is 7.62. The molecule has 19 atom stereocenters. The van der Waals surface area contributed by atoms with E-state index in [1.54, 1.807) is 20.8 Å². The molecule has 0 radical (unpaired) electrons. The van der Waals surface area contributed by atoms with Crippen molar-refractivity contribution in [1.29, 1.82) is 0 Å². The van der Waals surface area contributed by atoms with Crippen molar-refractivity contribution in [1.82, 2.24) is 0 Å². The number of hydrogen-bond acceptors (Lipinski definition) is 19. The first-order valence-electron chi connectivity index (χ1n) is 17.2. The Morgan fingerprint density at radius 2 is 1.30 bits per heavy atom. The van der Waals surface area contributed by atoms with Crippen LogP contribution in [-0.4, -0.2) is 181 Å². The van der Waals surface area contributed by atoms with E-state index in [1.807, 2.05) is 0 Å². The van der Waals surface area contributed by atoms with Crippen molar-refractivity contribution in [2.45, 2.75) is 168 Å². The van der Waals surface area contributed by atoms with Gasteiger partial charge in [0.1, 0.15) is 54.9 Å². The molecule has 4 aliphatic rings. The fraction of sp³-hybridized carbons (Fsp3) is 1.00. The summed E-state index contributed by atoms with van der Waals surface area (Å²) < 4.78 is 37.0. The van der Waals surface area contributed by atoms with Gasteiger partial charge in [-0.3, -0.25) is 0 Å². The van der Waals surface area contributed by atoms with Crippen LogP contribution < -0.4 is 28.7 Å². The van der Waals surface area contributed by atoms with Crippen molar-refractivity contribution in [3.63, 3.8) is 0 Å². The Morgan fingerprint density at radius 3 is 1.86 bits per heavy atom. The van der Waals surface area contributed by atoms with Crippen LogP contribution in [0.4, 0.5) is 0 Å². The van der Waals surface area contributed by atoms with Gasteiger partial charge < -0.3 is 97.9 Å². The van der Waals surface area contributed by atoms with Gasteiger partial charge in [0.05, 0.1) is 54.8 Å². The quantitative estimate of drug-likeness (QED) is 0.0880. The highest BCUT2D eigenvalue weighted by atomic mass is 16.8. The van der Waals surface area contributed by atoms with Crippen molar-refractivity contribution in [3.8, 4) is 0 Å². The second-order valence-electron chi connectivity index (χ2n) is 15.7. The standard InChI is InChI=1S/C31H61N5O14/c1-29(2,3)48-24-11(6-14-18(35)22(41)20(39)15(8-32)45-14)16(9-37)47-28(24)50-31(44)25(43)12(33)7-13(34)26(31)49-30(4,5)27-19(36)23(42)21(40)17(10-38)46-27/h11-28,37-44H,6-10,32-36H2,1-5H3/t11-,12+,13?,14+,15-,16+,17?,18?,19?,20+,21+,22?,23+,24-,25?,26+,27+,28?,31-/m0/s1. The van der Waals surface area contributed by atoms with Gasteiger partial charge in [-0.05, 0) is 47.5 Å². The van der Waals surface area contributed by atoms with Gasteiger partial charge in [-0.25, -0.2) is 0 Å². The van der Waals surface area contributed by atoms with E-state index in [0.717, 1.165) is 0 Å². The van der Waals surface area contributed by atoms with Crippen molar-refractivity contribution >= 4 is 0 Å². The first-order chi connectivity index (χ1) is 23.1. The second-order valence-corrected chi connectivity index (χ2v) is 15.7. The number of ether oxygens (including phenoxy) is 6. The number of hydrogen-bond donors (Lipinski definition) is 13. The molecular weight excluding hydrogens is 666 g/mol. The van der Waals surface area contributed by atoms with E-state index in [1.165, 1.54) is 13.8 Å². The molecule has 7 unspecified atom stereocenters. The predicted molar refractivity (Wildman–Crippen MR) is 173 cm³/mol. The highest BCUT2D eigenvalue weighted by molar-refractivity contribution is 5.08. The van der Waals surface area contributed by atoms with Crippen LogP contribution in [0, 0.1) is 5.92 Å². The smallest absolute Gasteiger partial charge is 0.224 e. The van der Waals surface area contributed by atoms with E-state index < -0.39 is 140 Å². The van der Waals surface area contributed by atoms with Gasteiger partial charge in [0.2, 0.25) is 5.79 Å². The molecule has 0 aromatic rings. The summed E-state index contributed by atoms with van der Waals surface area (Å²) in [7, 11) is 0. The summed E-state index contributed by atoms with van der Waals surface area (Å²) in [6.45, 7) is 7.11. The van der Waals surface area contributed by atoms with Gasteiger partial charge in [-0.2, -0.15) is 0 Å². The summed E-state index contributed by atoms with van der Waals surface area (Å²) >= 11 is 0. The van der Waals surface area contributed by atoms with Crippen molar-refractivity contribution in [2.75, 3.05) is 19.8 Å². The molecule has 1 aliphatic carbocycles. The zero-order valence-electron chi connectivity index (χ0n) is 29.3. The largest absolute Gasteiger partial charge is 0.394 e. The fourth-order valence-corrected chi connectivity index (χ4v) is 7.62. The monoisotopic (exact) mass is 727 g/mol. The van der Waals surface area contributed by atoms with Gasteiger partial charge in [-0.15, -0.1) is 0 Å². The average Bonchev–Trinajstić information content (AvgIpc) is 3.34. The molecule has 19 heteroatoms. The molecule has 0 bridgehead atoms. The zero-order chi connectivity index (χ0) is 37.7. The lowest BCUT2D eigenvalue weighted by molar-refractivity contribution is -0.392. The van der Waals surface area contributed by atoms with E-state index in [-0.39, 0.29) is 19.4 Å².